The molecule has 0 aromatic rings. The maximum Gasteiger partial charge on any atom is 0.328 e. The number of hydrogen-bond acceptors (Lipinski definition) is 6. The van der Waals surface area contributed by atoms with Gasteiger partial charge < -0.3 is 14.2 Å². The maximum atomic E-state index is 12.0. The second kappa shape index (κ2) is 8.63. The van der Waals surface area contributed by atoms with E-state index < -0.39 is 29.7 Å². The van der Waals surface area contributed by atoms with Gasteiger partial charge in [0.15, 0.2) is 5.78 Å². The van der Waals surface area contributed by atoms with Crippen LogP contribution in [0, 0.1) is 5.92 Å². The molecule has 104 valence electrons. The van der Waals surface area contributed by atoms with Crippen molar-refractivity contribution < 1.29 is 28.6 Å². The Morgan fingerprint density at radius 2 is 1.39 bits per heavy atom. The van der Waals surface area contributed by atoms with E-state index in [0.29, 0.717) is 6.42 Å². The first-order valence-electron chi connectivity index (χ1n) is 5.93. The monoisotopic (exact) mass is 260 g/mol. The minimum absolute atomic E-state index is 0.0891. The summed E-state index contributed by atoms with van der Waals surface area (Å²) in [7, 11) is 1.35. The maximum absolute atomic E-state index is 12.0. The molecule has 0 saturated heterocycles. The average molecular weight is 260 g/mol. The molecule has 0 aliphatic heterocycles. The molecule has 1 atom stereocenters. The summed E-state index contributed by atoms with van der Waals surface area (Å²) < 4.78 is 14.4. The van der Waals surface area contributed by atoms with E-state index in [0.717, 1.165) is 0 Å². The number of methoxy groups -OCH3 is 1. The lowest BCUT2D eigenvalue weighted by Crippen LogP contribution is -2.41. The molecule has 0 rings (SSSR count). The summed E-state index contributed by atoms with van der Waals surface area (Å²) in [6.45, 7) is 5.09. The van der Waals surface area contributed by atoms with Gasteiger partial charge in [0.2, 0.25) is 5.92 Å². The van der Waals surface area contributed by atoms with Crippen LogP contribution in [0.3, 0.4) is 0 Å². The standard InChI is InChI=1S/C12H20O6/c1-5-8(16-4)10(13)9(11(14)17-6-2)12(15)18-7-3/h8-9H,5-7H2,1-4H3. The lowest BCUT2D eigenvalue weighted by Gasteiger charge is -2.18. The number of rotatable bonds is 8. The van der Waals surface area contributed by atoms with Gasteiger partial charge in [0.1, 0.15) is 6.10 Å². The van der Waals surface area contributed by atoms with E-state index in [4.69, 9.17) is 14.2 Å². The van der Waals surface area contributed by atoms with Gasteiger partial charge >= 0.3 is 11.9 Å². The molecule has 0 amide bonds. The molecule has 0 heterocycles. The van der Waals surface area contributed by atoms with Crippen molar-refractivity contribution in [1.29, 1.82) is 0 Å². The third-order valence-electron chi connectivity index (χ3n) is 2.30. The largest absolute Gasteiger partial charge is 0.465 e. The highest BCUT2D eigenvalue weighted by molar-refractivity contribution is 6.16. The van der Waals surface area contributed by atoms with Gasteiger partial charge in [-0.25, -0.2) is 0 Å². The van der Waals surface area contributed by atoms with Crippen LogP contribution < -0.4 is 0 Å². The van der Waals surface area contributed by atoms with E-state index in [1.165, 1.54) is 7.11 Å². The fraction of sp³-hybridized carbons (Fsp3) is 0.750. The third kappa shape index (κ3) is 4.44. The van der Waals surface area contributed by atoms with E-state index in [1.807, 2.05) is 0 Å². The van der Waals surface area contributed by atoms with Crippen molar-refractivity contribution in [3.05, 3.63) is 0 Å². The average Bonchev–Trinajstić information content (AvgIpc) is 2.31. The predicted molar refractivity (Wildman–Crippen MR) is 62.9 cm³/mol. The molecule has 0 aliphatic carbocycles. The van der Waals surface area contributed by atoms with Gasteiger partial charge in [-0.15, -0.1) is 0 Å². The van der Waals surface area contributed by atoms with Gasteiger partial charge in [-0.2, -0.15) is 0 Å². The van der Waals surface area contributed by atoms with Crippen molar-refractivity contribution >= 4 is 17.7 Å². The van der Waals surface area contributed by atoms with Crippen molar-refractivity contribution in [2.24, 2.45) is 5.92 Å². The molecule has 1 unspecified atom stereocenters. The first-order valence-corrected chi connectivity index (χ1v) is 5.93. The Kier molecular flexibility index (Phi) is 7.94. The summed E-state index contributed by atoms with van der Waals surface area (Å²) in [5.74, 6) is -3.97. The van der Waals surface area contributed by atoms with Gasteiger partial charge in [0, 0.05) is 7.11 Å². The molecule has 0 aliphatic rings. The summed E-state index contributed by atoms with van der Waals surface area (Å²) in [4.78, 5) is 35.3. The molecule has 0 radical (unpaired) electrons. The van der Waals surface area contributed by atoms with Crippen molar-refractivity contribution in [1.82, 2.24) is 0 Å². The minimum atomic E-state index is -1.56. The van der Waals surface area contributed by atoms with Crippen LogP contribution in [0.15, 0.2) is 0 Å². The first kappa shape index (κ1) is 16.6. The van der Waals surface area contributed by atoms with Gasteiger partial charge in [-0.3, -0.25) is 14.4 Å². The van der Waals surface area contributed by atoms with Crippen LogP contribution in [-0.2, 0) is 28.6 Å². The van der Waals surface area contributed by atoms with Crippen LogP contribution in [0.2, 0.25) is 0 Å². The molecular weight excluding hydrogens is 240 g/mol. The Balaban J connectivity index is 5.01. The molecule has 6 heteroatoms. The Bertz CT molecular complexity index is 277. The third-order valence-corrected chi connectivity index (χ3v) is 2.30. The molecule has 0 fully saturated rings. The zero-order chi connectivity index (χ0) is 14.1. The Morgan fingerprint density at radius 1 is 0.944 bits per heavy atom. The summed E-state index contributed by atoms with van der Waals surface area (Å²) in [6, 6.07) is 0. The Morgan fingerprint density at radius 3 is 1.67 bits per heavy atom. The predicted octanol–water partition coefficient (Wildman–Crippen LogP) is 0.723. The molecule has 0 aromatic heterocycles. The van der Waals surface area contributed by atoms with E-state index >= 15 is 0 Å². The van der Waals surface area contributed by atoms with E-state index in [2.05, 4.69) is 0 Å². The van der Waals surface area contributed by atoms with Crippen molar-refractivity contribution in [3.63, 3.8) is 0 Å². The van der Waals surface area contributed by atoms with Crippen molar-refractivity contribution in [2.75, 3.05) is 20.3 Å². The summed E-state index contributed by atoms with van der Waals surface area (Å²) >= 11 is 0. The van der Waals surface area contributed by atoms with Crippen LogP contribution in [0.4, 0.5) is 0 Å². The van der Waals surface area contributed by atoms with Crippen molar-refractivity contribution in [3.8, 4) is 0 Å². The molecule has 0 aromatic carbocycles. The van der Waals surface area contributed by atoms with Gasteiger partial charge in [-0.1, -0.05) is 6.92 Å². The topological polar surface area (TPSA) is 78.9 Å². The molecule has 18 heavy (non-hydrogen) atoms. The number of carbonyl (C=O) groups is 3. The fourth-order valence-corrected chi connectivity index (χ4v) is 1.45. The molecule has 0 bridgehead atoms. The van der Waals surface area contributed by atoms with Crippen LogP contribution in [0.1, 0.15) is 27.2 Å². The molecule has 0 saturated carbocycles. The van der Waals surface area contributed by atoms with Gasteiger partial charge in [0.05, 0.1) is 13.2 Å². The second-order valence-electron chi connectivity index (χ2n) is 3.47. The molecular formula is C12H20O6. The van der Waals surface area contributed by atoms with E-state index in [9.17, 15) is 14.4 Å². The minimum Gasteiger partial charge on any atom is -0.465 e. The lowest BCUT2D eigenvalue weighted by molar-refractivity contribution is -0.166. The number of hydrogen-bond donors (Lipinski definition) is 0. The molecule has 0 N–H and O–H groups in total. The Labute approximate surface area is 107 Å². The zero-order valence-corrected chi connectivity index (χ0v) is 11.2. The normalized spacial score (nSPS) is 12.1. The fourth-order valence-electron chi connectivity index (χ4n) is 1.45. The number of esters is 2. The number of ketones is 1. The van der Waals surface area contributed by atoms with Crippen LogP contribution in [0.25, 0.3) is 0 Å². The van der Waals surface area contributed by atoms with Crippen LogP contribution in [0.5, 0.6) is 0 Å². The van der Waals surface area contributed by atoms with Crippen LogP contribution in [-0.4, -0.2) is 44.1 Å². The van der Waals surface area contributed by atoms with Crippen LogP contribution >= 0.6 is 0 Å². The number of ether oxygens (including phenoxy) is 3. The van der Waals surface area contributed by atoms with Crippen molar-refractivity contribution in [2.45, 2.75) is 33.3 Å². The van der Waals surface area contributed by atoms with E-state index in [-0.39, 0.29) is 13.2 Å². The zero-order valence-electron chi connectivity index (χ0n) is 11.2. The van der Waals surface area contributed by atoms with E-state index in [1.54, 1.807) is 20.8 Å². The lowest BCUT2D eigenvalue weighted by atomic mass is 9.98. The summed E-state index contributed by atoms with van der Waals surface area (Å²) in [5.41, 5.74) is 0. The smallest absolute Gasteiger partial charge is 0.328 e. The first-order chi connectivity index (χ1) is 8.53. The highest BCUT2D eigenvalue weighted by Gasteiger charge is 2.40. The SMILES string of the molecule is CCOC(=O)C(C(=O)OCC)C(=O)C(CC)OC. The Hall–Kier alpha value is -1.43. The highest BCUT2D eigenvalue weighted by atomic mass is 16.6. The van der Waals surface area contributed by atoms with Gasteiger partial charge in [0.25, 0.3) is 0 Å². The quantitative estimate of drug-likeness (QED) is 0.472. The number of carbonyl (C=O) groups excluding carboxylic acids is 3. The second-order valence-corrected chi connectivity index (χ2v) is 3.47. The summed E-state index contributed by atoms with van der Waals surface area (Å²) in [6.07, 6.45) is -0.450. The number of Topliss-reactive ketones (excluding diaryl/α,β-unsaturated/α-hetero) is 1. The molecule has 0 spiro atoms. The summed E-state index contributed by atoms with van der Waals surface area (Å²) in [5, 5.41) is 0. The highest BCUT2D eigenvalue weighted by Crippen LogP contribution is 2.12. The van der Waals surface area contributed by atoms with Gasteiger partial charge in [-0.05, 0) is 20.3 Å². The molecule has 6 nitrogen and oxygen atoms in total.